The topological polar surface area (TPSA) is 85.5 Å². The second-order valence-electron chi connectivity index (χ2n) is 9.40. The number of ether oxygens (including phenoxy) is 2. The van der Waals surface area contributed by atoms with Crippen LogP contribution in [0.4, 0.5) is 24.7 Å². The number of methoxy groups -OCH3 is 1. The van der Waals surface area contributed by atoms with E-state index in [1.807, 2.05) is 13.0 Å². The molecule has 3 atom stereocenters. The number of aryl methyl sites for hydroxylation is 1. The number of nitrogen functional groups attached to an aromatic ring is 1. The van der Waals surface area contributed by atoms with E-state index in [1.54, 1.807) is 27.0 Å². The Bertz CT molecular complexity index is 1250. The van der Waals surface area contributed by atoms with E-state index in [0.29, 0.717) is 45.6 Å². The molecule has 7 nitrogen and oxygen atoms in total. The molecule has 1 aromatic heterocycles. The molecule has 0 radical (unpaired) electrons. The van der Waals surface area contributed by atoms with Gasteiger partial charge in [-0.2, -0.15) is 13.2 Å². The van der Waals surface area contributed by atoms with Gasteiger partial charge in [-0.15, -0.1) is 0 Å². The minimum atomic E-state index is -4.49. The molecule has 2 aromatic carbocycles. The van der Waals surface area contributed by atoms with E-state index in [1.165, 1.54) is 6.07 Å². The van der Waals surface area contributed by atoms with Gasteiger partial charge in [0.1, 0.15) is 17.7 Å². The maximum absolute atomic E-state index is 13.3. The molecule has 0 bridgehead atoms. The predicted octanol–water partition coefficient (Wildman–Crippen LogP) is 5.58. The van der Waals surface area contributed by atoms with E-state index in [9.17, 15) is 13.2 Å². The van der Waals surface area contributed by atoms with Crippen LogP contribution >= 0.6 is 0 Å². The second kappa shape index (κ2) is 10.0. The molecule has 194 valence electrons. The van der Waals surface area contributed by atoms with Gasteiger partial charge in [0.15, 0.2) is 11.5 Å². The summed E-state index contributed by atoms with van der Waals surface area (Å²) in [5.41, 5.74) is 6.06. The highest BCUT2D eigenvalue weighted by atomic mass is 19.4. The third-order valence-electron chi connectivity index (χ3n) is 6.68. The van der Waals surface area contributed by atoms with E-state index < -0.39 is 17.8 Å². The number of nitrogens with two attached hydrogens (primary N) is 1. The first-order valence-electron chi connectivity index (χ1n) is 11.9. The fraction of sp³-hybridized carbons (Fsp3) is 0.462. The lowest BCUT2D eigenvalue weighted by Crippen LogP contribution is -2.38. The number of rotatable bonds is 7. The van der Waals surface area contributed by atoms with E-state index in [0.717, 1.165) is 31.5 Å². The maximum Gasteiger partial charge on any atom is 0.416 e. The minimum absolute atomic E-state index is 0.0449. The highest BCUT2D eigenvalue weighted by Gasteiger charge is 2.32. The molecule has 2 heterocycles. The Morgan fingerprint density at radius 2 is 1.86 bits per heavy atom. The number of aromatic nitrogens is 2. The Balaban J connectivity index is 1.70. The number of hydrogen-bond donors (Lipinski definition) is 2. The highest BCUT2D eigenvalue weighted by molar-refractivity contribution is 5.92. The van der Waals surface area contributed by atoms with Gasteiger partial charge in [-0.3, -0.25) is 4.90 Å². The van der Waals surface area contributed by atoms with Gasteiger partial charge in [-0.05, 0) is 77.0 Å². The molecule has 0 spiro atoms. The molecule has 4 rings (SSSR count). The third-order valence-corrected chi connectivity index (χ3v) is 6.68. The lowest BCUT2D eigenvalue weighted by Gasteiger charge is -2.27. The van der Waals surface area contributed by atoms with E-state index in [-0.39, 0.29) is 11.8 Å². The summed E-state index contributed by atoms with van der Waals surface area (Å²) in [4.78, 5) is 11.4. The lowest BCUT2D eigenvalue weighted by molar-refractivity contribution is -0.137. The molecule has 1 saturated heterocycles. The normalized spacial score (nSPS) is 18.3. The van der Waals surface area contributed by atoms with Crippen molar-refractivity contribution in [2.24, 2.45) is 0 Å². The molecule has 0 aliphatic carbocycles. The Morgan fingerprint density at radius 1 is 1.11 bits per heavy atom. The standard InChI is InChI=1S/C26H32F3N5O2/c1-14(17-9-18(26(27,28)29)11-19(30)10-17)31-25-20-12-24(36-15(2)22-7-6-8-34(22)4)23(35-5)13-21(20)32-16(3)33-25/h9-15,22H,6-8,30H2,1-5H3,(H,31,32,33)/t14-,15+,22+/m1/s1. The van der Waals surface area contributed by atoms with Crippen molar-refractivity contribution in [1.29, 1.82) is 0 Å². The number of anilines is 2. The molecule has 3 N–H and O–H groups in total. The molecule has 10 heteroatoms. The molecule has 36 heavy (non-hydrogen) atoms. The van der Waals surface area contributed by atoms with Crippen LogP contribution in [0.5, 0.6) is 11.5 Å². The maximum atomic E-state index is 13.3. The number of nitrogens with zero attached hydrogens (tertiary/aromatic N) is 3. The van der Waals surface area contributed by atoms with Crippen LogP contribution < -0.4 is 20.5 Å². The van der Waals surface area contributed by atoms with Crippen LogP contribution in [0.25, 0.3) is 10.9 Å². The molecule has 0 amide bonds. The predicted molar refractivity (Wildman–Crippen MR) is 134 cm³/mol. The van der Waals surface area contributed by atoms with Gasteiger partial charge in [0.25, 0.3) is 0 Å². The number of likely N-dealkylation sites (N-methyl/N-ethyl adjacent to an activating group) is 1. The fourth-order valence-corrected chi connectivity index (χ4v) is 4.80. The average Bonchev–Trinajstić information content (AvgIpc) is 3.23. The quantitative estimate of drug-likeness (QED) is 0.407. The van der Waals surface area contributed by atoms with E-state index >= 15 is 0 Å². The van der Waals surface area contributed by atoms with Gasteiger partial charge in [-0.25, -0.2) is 9.97 Å². The van der Waals surface area contributed by atoms with Crippen LogP contribution in [0, 0.1) is 6.92 Å². The number of nitrogens with one attached hydrogen (secondary N) is 1. The number of likely N-dealkylation sites (tertiary alicyclic amines) is 1. The van der Waals surface area contributed by atoms with Crippen LogP contribution in [0.15, 0.2) is 30.3 Å². The van der Waals surface area contributed by atoms with Crippen molar-refractivity contribution in [2.45, 2.75) is 58.0 Å². The Kier molecular flexibility index (Phi) is 7.17. The van der Waals surface area contributed by atoms with Crippen LogP contribution in [-0.4, -0.2) is 47.7 Å². The molecule has 1 aliphatic rings. The molecule has 0 saturated carbocycles. The number of halogens is 3. The summed E-state index contributed by atoms with van der Waals surface area (Å²) in [5, 5.41) is 3.93. The monoisotopic (exact) mass is 503 g/mol. The molecule has 3 aromatic rings. The second-order valence-corrected chi connectivity index (χ2v) is 9.40. The Hall–Kier alpha value is -3.27. The summed E-state index contributed by atoms with van der Waals surface area (Å²) in [7, 11) is 3.67. The summed E-state index contributed by atoms with van der Waals surface area (Å²) in [6.07, 6.45) is -2.38. The zero-order valence-electron chi connectivity index (χ0n) is 21.1. The van der Waals surface area contributed by atoms with Crippen molar-refractivity contribution < 1.29 is 22.6 Å². The first kappa shape index (κ1) is 25.8. The molecule has 0 unspecified atom stereocenters. The van der Waals surface area contributed by atoms with Crippen molar-refractivity contribution in [1.82, 2.24) is 14.9 Å². The zero-order chi connectivity index (χ0) is 26.2. The van der Waals surface area contributed by atoms with Gasteiger partial charge in [-0.1, -0.05) is 0 Å². The lowest BCUT2D eigenvalue weighted by atomic mass is 10.0. The molecular weight excluding hydrogens is 471 g/mol. The van der Waals surface area contributed by atoms with Gasteiger partial charge in [0.05, 0.1) is 24.2 Å². The molecule has 1 fully saturated rings. The van der Waals surface area contributed by atoms with Crippen molar-refractivity contribution >= 4 is 22.4 Å². The summed E-state index contributed by atoms with van der Waals surface area (Å²) >= 11 is 0. The van der Waals surface area contributed by atoms with E-state index in [2.05, 4.69) is 27.2 Å². The van der Waals surface area contributed by atoms with Crippen molar-refractivity contribution in [3.05, 3.63) is 47.3 Å². The largest absolute Gasteiger partial charge is 0.493 e. The summed E-state index contributed by atoms with van der Waals surface area (Å²) in [6, 6.07) is 6.96. The van der Waals surface area contributed by atoms with E-state index in [4.69, 9.17) is 15.2 Å². The number of hydrogen-bond acceptors (Lipinski definition) is 7. The molecule has 1 aliphatic heterocycles. The zero-order valence-corrected chi connectivity index (χ0v) is 21.1. The van der Waals surface area contributed by atoms with Crippen molar-refractivity contribution in [3.63, 3.8) is 0 Å². The van der Waals surface area contributed by atoms with Gasteiger partial charge >= 0.3 is 6.18 Å². The average molecular weight is 504 g/mol. The number of alkyl halides is 3. The summed E-state index contributed by atoms with van der Waals surface area (Å²) in [6.45, 7) is 6.59. The smallest absolute Gasteiger partial charge is 0.416 e. The van der Waals surface area contributed by atoms with Crippen molar-refractivity contribution in [2.75, 3.05) is 31.8 Å². The SMILES string of the molecule is COc1cc2nc(C)nc(N[C@H](C)c3cc(N)cc(C(F)(F)F)c3)c2cc1O[C@@H](C)[C@@H]1CCCN1C. The molecular formula is C26H32F3N5O2. The Morgan fingerprint density at radius 3 is 2.50 bits per heavy atom. The van der Waals surface area contributed by atoms with Crippen LogP contribution in [0.1, 0.15) is 49.7 Å². The summed E-state index contributed by atoms with van der Waals surface area (Å²) in [5.74, 6) is 2.11. The van der Waals surface area contributed by atoms with Crippen molar-refractivity contribution in [3.8, 4) is 11.5 Å². The third kappa shape index (κ3) is 5.43. The summed E-state index contributed by atoms with van der Waals surface area (Å²) < 4.78 is 51.9. The van der Waals surface area contributed by atoms with Crippen LogP contribution in [-0.2, 0) is 6.18 Å². The number of fused-ring (bicyclic) bond motifs is 1. The van der Waals surface area contributed by atoms with Gasteiger partial charge in [0, 0.05) is 23.2 Å². The van der Waals surface area contributed by atoms with Crippen LogP contribution in [0.2, 0.25) is 0 Å². The van der Waals surface area contributed by atoms with Gasteiger partial charge < -0.3 is 20.5 Å². The first-order valence-corrected chi connectivity index (χ1v) is 11.9. The fourth-order valence-electron chi connectivity index (χ4n) is 4.80. The van der Waals surface area contributed by atoms with Gasteiger partial charge in [0.2, 0.25) is 0 Å². The first-order chi connectivity index (χ1) is 17.0. The highest BCUT2D eigenvalue weighted by Crippen LogP contribution is 2.38. The number of benzene rings is 2. The van der Waals surface area contributed by atoms with Crippen LogP contribution in [0.3, 0.4) is 0 Å². The Labute approximate surface area is 208 Å². The minimum Gasteiger partial charge on any atom is -0.493 e.